The number of pyridine rings is 1. The first kappa shape index (κ1) is 29.7. The quantitative estimate of drug-likeness (QED) is 0.368. The molecule has 11 nitrogen and oxygen atoms in total. The molecule has 3 heterocycles. The van der Waals surface area contributed by atoms with E-state index in [0.29, 0.717) is 75.7 Å². The lowest BCUT2D eigenvalue weighted by Crippen LogP contribution is -2.49. The fourth-order valence-electron chi connectivity index (χ4n) is 4.99. The molecule has 0 unspecified atom stereocenters. The lowest BCUT2D eigenvalue weighted by molar-refractivity contribution is -0.123. The van der Waals surface area contributed by atoms with E-state index in [9.17, 15) is 9.59 Å². The van der Waals surface area contributed by atoms with E-state index in [0.717, 1.165) is 17.0 Å². The van der Waals surface area contributed by atoms with Crippen LogP contribution in [0.4, 0.5) is 0 Å². The lowest BCUT2D eigenvalue weighted by atomic mass is 10.0. The van der Waals surface area contributed by atoms with Gasteiger partial charge >= 0.3 is 0 Å². The first-order valence-corrected chi connectivity index (χ1v) is 14.5. The summed E-state index contributed by atoms with van der Waals surface area (Å²) in [7, 11) is 1.53. The van der Waals surface area contributed by atoms with E-state index in [-0.39, 0.29) is 5.91 Å². The van der Waals surface area contributed by atoms with Crippen molar-refractivity contribution in [3.05, 3.63) is 102 Å². The zero-order valence-electron chi connectivity index (χ0n) is 24.3. The SMILES string of the molecule is COc1cccc2c1OCCCn1cc(nn1)CCN(Cc1ccccn1)CCNC(=O)[C@H](Cc1ccccc1)NC2=O. The van der Waals surface area contributed by atoms with Crippen molar-refractivity contribution in [3.8, 4) is 11.5 Å². The number of para-hydroxylation sites is 1. The number of ether oxygens (including phenoxy) is 2. The monoisotopic (exact) mass is 583 g/mol. The third kappa shape index (κ3) is 8.39. The Kier molecular flexibility index (Phi) is 10.3. The van der Waals surface area contributed by atoms with E-state index in [1.807, 2.05) is 54.7 Å². The number of benzene rings is 2. The van der Waals surface area contributed by atoms with Crippen LogP contribution in [0.2, 0.25) is 0 Å². The summed E-state index contributed by atoms with van der Waals surface area (Å²) in [6.45, 7) is 3.28. The highest BCUT2D eigenvalue weighted by molar-refractivity contribution is 6.00. The minimum absolute atomic E-state index is 0.263. The highest BCUT2D eigenvalue weighted by Gasteiger charge is 2.25. The second kappa shape index (κ2) is 14.9. The van der Waals surface area contributed by atoms with Crippen LogP contribution in [0.25, 0.3) is 0 Å². The Hall–Kier alpha value is -4.77. The molecule has 0 aliphatic carbocycles. The molecule has 5 rings (SSSR count). The van der Waals surface area contributed by atoms with E-state index in [1.165, 1.54) is 7.11 Å². The standard InChI is InChI=1S/C32H37N7O4/c1-42-29-13-7-12-27-30(29)43-20-8-17-39-23-26(36-37-39)14-18-38(22-25-11-5-6-15-33-25)19-16-34-32(41)28(35-31(27)40)21-24-9-3-2-4-10-24/h2-7,9-13,15,23,28H,8,14,16-22H2,1H3,(H,34,41)(H,35,40)/t28-/m0/s1. The molecule has 1 atom stereocenters. The van der Waals surface area contributed by atoms with Gasteiger partial charge in [0.05, 0.1) is 30.7 Å². The first-order valence-electron chi connectivity index (χ1n) is 14.5. The number of aryl methyl sites for hydroxylation is 1. The number of aromatic nitrogens is 4. The Morgan fingerprint density at radius 1 is 1.00 bits per heavy atom. The lowest BCUT2D eigenvalue weighted by Gasteiger charge is -2.23. The molecule has 0 radical (unpaired) electrons. The number of fused-ring (bicyclic) bond motifs is 3. The number of amides is 2. The molecule has 43 heavy (non-hydrogen) atoms. The van der Waals surface area contributed by atoms with Crippen molar-refractivity contribution >= 4 is 11.8 Å². The van der Waals surface area contributed by atoms with Gasteiger partial charge in [-0.1, -0.05) is 47.7 Å². The Balaban J connectivity index is 1.39. The van der Waals surface area contributed by atoms with Gasteiger partial charge in [0.1, 0.15) is 6.04 Å². The summed E-state index contributed by atoms with van der Waals surface area (Å²) in [4.78, 5) is 33.9. The van der Waals surface area contributed by atoms with Crippen LogP contribution in [0.3, 0.4) is 0 Å². The average Bonchev–Trinajstić information content (AvgIpc) is 3.49. The molecule has 1 aliphatic rings. The predicted octanol–water partition coefficient (Wildman–Crippen LogP) is 2.67. The normalized spacial score (nSPS) is 17.3. The van der Waals surface area contributed by atoms with Crippen LogP contribution < -0.4 is 20.1 Å². The molecule has 2 amide bonds. The van der Waals surface area contributed by atoms with Crippen LogP contribution in [0, 0.1) is 0 Å². The van der Waals surface area contributed by atoms with E-state index in [2.05, 4.69) is 30.8 Å². The molecule has 2 bridgehead atoms. The molecule has 2 N–H and O–H groups in total. The van der Waals surface area contributed by atoms with Gasteiger partial charge in [-0.05, 0) is 29.8 Å². The smallest absolute Gasteiger partial charge is 0.255 e. The van der Waals surface area contributed by atoms with E-state index < -0.39 is 11.9 Å². The number of nitrogens with one attached hydrogen (secondary N) is 2. The predicted molar refractivity (Wildman–Crippen MR) is 161 cm³/mol. The third-order valence-electron chi connectivity index (χ3n) is 7.24. The Labute approximate surface area is 251 Å². The maximum atomic E-state index is 13.6. The van der Waals surface area contributed by atoms with Gasteiger partial charge in [0, 0.05) is 64.4 Å². The highest BCUT2D eigenvalue weighted by atomic mass is 16.5. The maximum absolute atomic E-state index is 13.6. The van der Waals surface area contributed by atoms with Crippen molar-refractivity contribution in [2.75, 3.05) is 33.4 Å². The highest BCUT2D eigenvalue weighted by Crippen LogP contribution is 2.31. The van der Waals surface area contributed by atoms with Gasteiger partial charge in [-0.2, -0.15) is 0 Å². The van der Waals surface area contributed by atoms with Gasteiger partial charge in [0.15, 0.2) is 11.5 Å². The van der Waals surface area contributed by atoms with E-state index in [4.69, 9.17) is 9.47 Å². The fraction of sp³-hybridized carbons (Fsp3) is 0.344. The topological polar surface area (TPSA) is 124 Å². The molecule has 0 spiro atoms. The molecule has 4 aromatic rings. The number of rotatable bonds is 5. The van der Waals surface area contributed by atoms with Crippen LogP contribution in [0.1, 0.15) is 33.7 Å². The first-order chi connectivity index (χ1) is 21.1. The summed E-state index contributed by atoms with van der Waals surface area (Å²) in [6, 6.07) is 19.8. The van der Waals surface area contributed by atoms with Crippen LogP contribution in [-0.2, 0) is 30.7 Å². The zero-order chi connectivity index (χ0) is 29.9. The van der Waals surface area contributed by atoms with Crippen LogP contribution in [0.15, 0.2) is 79.1 Å². The summed E-state index contributed by atoms with van der Waals surface area (Å²) in [5, 5.41) is 14.6. The molecular weight excluding hydrogens is 546 g/mol. The summed E-state index contributed by atoms with van der Waals surface area (Å²) in [5.41, 5.74) is 3.07. The van der Waals surface area contributed by atoms with Gasteiger partial charge in [-0.25, -0.2) is 0 Å². The molecular formula is C32H37N7O4. The number of carbonyl (C=O) groups excluding carboxylic acids is 2. The van der Waals surface area contributed by atoms with Gasteiger partial charge < -0.3 is 20.1 Å². The Morgan fingerprint density at radius 2 is 1.86 bits per heavy atom. The van der Waals surface area contributed by atoms with Gasteiger partial charge in [-0.15, -0.1) is 5.10 Å². The fourth-order valence-corrected chi connectivity index (χ4v) is 4.99. The van der Waals surface area contributed by atoms with Crippen molar-refractivity contribution in [3.63, 3.8) is 0 Å². The molecule has 2 aromatic carbocycles. The molecule has 0 fully saturated rings. The summed E-state index contributed by atoms with van der Waals surface area (Å²) in [6.07, 6.45) is 5.42. The van der Waals surface area contributed by atoms with E-state index in [1.54, 1.807) is 29.1 Å². The number of hydrogen-bond acceptors (Lipinski definition) is 8. The molecule has 1 aliphatic heterocycles. The summed E-state index contributed by atoms with van der Waals surface area (Å²) < 4.78 is 13.4. The van der Waals surface area contributed by atoms with Crippen molar-refractivity contribution in [2.24, 2.45) is 0 Å². The second-order valence-corrected chi connectivity index (χ2v) is 10.4. The number of hydrogen-bond donors (Lipinski definition) is 2. The number of methoxy groups -OCH3 is 1. The van der Waals surface area contributed by atoms with E-state index >= 15 is 0 Å². The maximum Gasteiger partial charge on any atom is 0.255 e. The van der Waals surface area contributed by atoms with Crippen molar-refractivity contribution in [1.82, 2.24) is 35.5 Å². The minimum Gasteiger partial charge on any atom is -0.493 e. The summed E-state index contributed by atoms with van der Waals surface area (Å²) in [5.74, 6) is 0.101. The Morgan fingerprint density at radius 3 is 2.67 bits per heavy atom. The Bertz CT molecular complexity index is 1480. The van der Waals surface area contributed by atoms with Crippen molar-refractivity contribution in [2.45, 2.75) is 38.4 Å². The molecule has 0 saturated carbocycles. The zero-order valence-corrected chi connectivity index (χ0v) is 24.3. The van der Waals surface area contributed by atoms with Gasteiger partial charge in [0.25, 0.3) is 5.91 Å². The molecule has 2 aromatic heterocycles. The van der Waals surface area contributed by atoms with Crippen molar-refractivity contribution in [1.29, 1.82) is 0 Å². The van der Waals surface area contributed by atoms with Gasteiger partial charge in [-0.3, -0.25) is 24.2 Å². The second-order valence-electron chi connectivity index (χ2n) is 10.4. The molecule has 0 saturated heterocycles. The number of carbonyl (C=O) groups is 2. The summed E-state index contributed by atoms with van der Waals surface area (Å²) >= 11 is 0. The van der Waals surface area contributed by atoms with Crippen LogP contribution in [0.5, 0.6) is 11.5 Å². The molecule has 11 heteroatoms. The minimum atomic E-state index is -0.797. The third-order valence-corrected chi connectivity index (χ3v) is 7.24. The van der Waals surface area contributed by atoms with Gasteiger partial charge in [0.2, 0.25) is 5.91 Å². The van der Waals surface area contributed by atoms with Crippen molar-refractivity contribution < 1.29 is 19.1 Å². The number of nitrogens with zero attached hydrogens (tertiary/aromatic N) is 5. The van der Waals surface area contributed by atoms with Crippen LogP contribution in [-0.4, -0.2) is 76.1 Å². The molecule has 224 valence electrons. The largest absolute Gasteiger partial charge is 0.493 e. The average molecular weight is 584 g/mol. The van der Waals surface area contributed by atoms with Crippen LogP contribution >= 0.6 is 0 Å².